The molecule has 1 amide bonds. The normalized spacial score (nSPS) is 14.7. The monoisotopic (exact) mass is 549 g/mol. The third-order valence-corrected chi connectivity index (χ3v) is 9.90. The molecule has 9 heteroatoms. The Morgan fingerprint density at radius 3 is 2.53 bits per heavy atom. The van der Waals surface area contributed by atoms with Gasteiger partial charge in [0.25, 0.3) is 5.91 Å². The van der Waals surface area contributed by atoms with Gasteiger partial charge in [-0.05, 0) is 79.8 Å². The molecule has 1 aromatic heterocycles. The number of hydrogen-bond donors (Lipinski definition) is 0. The minimum absolute atomic E-state index is 0.174. The highest BCUT2D eigenvalue weighted by Gasteiger charge is 2.28. The lowest BCUT2D eigenvalue weighted by molar-refractivity contribution is 0.0996. The van der Waals surface area contributed by atoms with Crippen LogP contribution in [0.15, 0.2) is 70.6 Å². The predicted octanol–water partition coefficient (Wildman–Crippen LogP) is 4.84. The fourth-order valence-corrected chi connectivity index (χ4v) is 7.38. The third-order valence-electron chi connectivity index (χ3n) is 6.81. The Hall–Kier alpha value is -3.11. The van der Waals surface area contributed by atoms with Gasteiger partial charge in [0.2, 0.25) is 10.0 Å². The van der Waals surface area contributed by atoms with E-state index in [0.29, 0.717) is 49.6 Å². The highest BCUT2D eigenvalue weighted by atomic mass is 32.2. The van der Waals surface area contributed by atoms with Gasteiger partial charge in [0.05, 0.1) is 21.7 Å². The van der Waals surface area contributed by atoms with Gasteiger partial charge in [0.1, 0.15) is 0 Å². The predicted molar refractivity (Wildman–Crippen MR) is 150 cm³/mol. The van der Waals surface area contributed by atoms with Gasteiger partial charge in [-0.15, -0.1) is 0 Å². The van der Waals surface area contributed by atoms with E-state index in [2.05, 4.69) is 31.0 Å². The molecule has 38 heavy (non-hydrogen) atoms. The molecular weight excluding hydrogens is 518 g/mol. The minimum Gasteiger partial charge on any atom is -0.380 e. The van der Waals surface area contributed by atoms with Crippen LogP contribution in [-0.2, 0) is 34.3 Å². The Morgan fingerprint density at radius 2 is 1.79 bits per heavy atom. The Morgan fingerprint density at radius 1 is 1.05 bits per heavy atom. The van der Waals surface area contributed by atoms with Crippen molar-refractivity contribution < 1.29 is 17.9 Å². The fraction of sp³-hybridized carbons (Fsp3) is 0.310. The molecular formula is C29H31N3O4S2. The smallest absolute Gasteiger partial charge is 0.279 e. The summed E-state index contributed by atoms with van der Waals surface area (Å²) in [6, 6.07) is 18.2. The van der Waals surface area contributed by atoms with Gasteiger partial charge in [-0.3, -0.25) is 4.79 Å². The first-order valence-electron chi connectivity index (χ1n) is 12.7. The molecule has 0 fully saturated rings. The van der Waals surface area contributed by atoms with Gasteiger partial charge in [0, 0.05) is 31.8 Å². The third kappa shape index (κ3) is 5.24. The van der Waals surface area contributed by atoms with Crippen LogP contribution < -0.4 is 4.80 Å². The molecule has 198 valence electrons. The Balaban J connectivity index is 1.43. The summed E-state index contributed by atoms with van der Waals surface area (Å²) in [4.78, 5) is 18.4. The number of fused-ring (bicyclic) bond motifs is 2. The maximum Gasteiger partial charge on any atom is 0.279 e. The molecule has 7 nitrogen and oxygen atoms in total. The highest BCUT2D eigenvalue weighted by Crippen LogP contribution is 2.26. The van der Waals surface area contributed by atoms with Crippen LogP contribution in [0, 0.1) is 13.8 Å². The lowest BCUT2D eigenvalue weighted by Gasteiger charge is -2.28. The summed E-state index contributed by atoms with van der Waals surface area (Å²) in [5.74, 6) is -0.410. The SMILES string of the molecule is CCOCCn1c(=NC(=O)c2ccc(S(=O)(=O)N3CCc4ccccc4C3)cc2)sc2c(C)cc(C)cc21. The summed E-state index contributed by atoms with van der Waals surface area (Å²) in [7, 11) is -3.68. The number of aromatic nitrogens is 1. The van der Waals surface area contributed by atoms with E-state index in [1.54, 1.807) is 12.1 Å². The Bertz CT molecular complexity index is 1670. The van der Waals surface area contributed by atoms with E-state index < -0.39 is 15.9 Å². The fourth-order valence-electron chi connectivity index (χ4n) is 4.86. The summed E-state index contributed by atoms with van der Waals surface area (Å²) in [5, 5.41) is 0. The van der Waals surface area contributed by atoms with Crippen molar-refractivity contribution in [2.24, 2.45) is 4.99 Å². The summed E-state index contributed by atoms with van der Waals surface area (Å²) in [6.45, 7) is 8.56. The van der Waals surface area contributed by atoms with Crippen molar-refractivity contribution in [1.82, 2.24) is 8.87 Å². The molecule has 4 aromatic rings. The summed E-state index contributed by atoms with van der Waals surface area (Å²) in [5.41, 5.74) is 5.87. The van der Waals surface area contributed by atoms with Gasteiger partial charge >= 0.3 is 0 Å². The number of rotatable bonds is 7. The maximum absolute atomic E-state index is 13.3. The van der Waals surface area contributed by atoms with Crippen LogP contribution in [0.25, 0.3) is 10.2 Å². The van der Waals surface area contributed by atoms with E-state index in [0.717, 1.165) is 26.9 Å². The number of aryl methyl sites for hydroxylation is 2. The lowest BCUT2D eigenvalue weighted by atomic mass is 10.0. The second-order valence-corrected chi connectivity index (χ2v) is 12.4. The topological polar surface area (TPSA) is 81.0 Å². The van der Waals surface area contributed by atoms with Crippen LogP contribution in [0.4, 0.5) is 0 Å². The lowest BCUT2D eigenvalue weighted by Crippen LogP contribution is -2.35. The first-order valence-corrected chi connectivity index (χ1v) is 15.0. The van der Waals surface area contributed by atoms with E-state index in [9.17, 15) is 13.2 Å². The Kier molecular flexibility index (Phi) is 7.63. The molecule has 0 atom stereocenters. The number of carbonyl (C=O) groups excluding carboxylic acids is 1. The second kappa shape index (κ2) is 10.9. The van der Waals surface area contributed by atoms with Crippen LogP contribution in [0.2, 0.25) is 0 Å². The van der Waals surface area contributed by atoms with E-state index >= 15 is 0 Å². The minimum atomic E-state index is -3.68. The molecule has 3 aromatic carbocycles. The molecule has 2 heterocycles. The largest absolute Gasteiger partial charge is 0.380 e. The van der Waals surface area contributed by atoms with Gasteiger partial charge < -0.3 is 9.30 Å². The molecule has 5 rings (SSSR count). The van der Waals surface area contributed by atoms with Gasteiger partial charge in [-0.25, -0.2) is 8.42 Å². The molecule has 0 aliphatic carbocycles. The summed E-state index contributed by atoms with van der Waals surface area (Å²) in [6.07, 6.45) is 0.683. The number of carbonyl (C=O) groups is 1. The zero-order valence-electron chi connectivity index (χ0n) is 21.8. The number of hydrogen-bond acceptors (Lipinski definition) is 5. The summed E-state index contributed by atoms with van der Waals surface area (Å²) < 4.78 is 36.8. The number of amides is 1. The number of thiazole rings is 1. The highest BCUT2D eigenvalue weighted by molar-refractivity contribution is 7.89. The molecule has 0 spiro atoms. The van der Waals surface area contributed by atoms with Crippen LogP contribution >= 0.6 is 11.3 Å². The van der Waals surface area contributed by atoms with E-state index in [1.165, 1.54) is 33.3 Å². The quantitative estimate of drug-likeness (QED) is 0.309. The van der Waals surface area contributed by atoms with Crippen LogP contribution in [0.5, 0.6) is 0 Å². The molecule has 0 N–H and O–H groups in total. The molecule has 0 bridgehead atoms. The average Bonchev–Trinajstić information content (AvgIpc) is 3.25. The van der Waals surface area contributed by atoms with E-state index in [-0.39, 0.29) is 4.90 Å². The Labute approximate surface area is 227 Å². The van der Waals surface area contributed by atoms with Crippen molar-refractivity contribution in [3.8, 4) is 0 Å². The number of benzene rings is 3. The van der Waals surface area contributed by atoms with Crippen LogP contribution in [0.3, 0.4) is 0 Å². The number of ether oxygens (including phenoxy) is 1. The van der Waals surface area contributed by atoms with Crippen molar-refractivity contribution in [3.63, 3.8) is 0 Å². The van der Waals surface area contributed by atoms with E-state index in [4.69, 9.17) is 4.74 Å². The zero-order chi connectivity index (χ0) is 26.9. The van der Waals surface area contributed by atoms with Crippen LogP contribution in [0.1, 0.15) is 39.5 Å². The van der Waals surface area contributed by atoms with E-state index in [1.807, 2.05) is 35.8 Å². The van der Waals surface area contributed by atoms with Crippen molar-refractivity contribution in [3.05, 3.63) is 93.3 Å². The van der Waals surface area contributed by atoms with Crippen molar-refractivity contribution in [1.29, 1.82) is 0 Å². The van der Waals surface area contributed by atoms with Crippen molar-refractivity contribution in [2.45, 2.75) is 45.2 Å². The van der Waals surface area contributed by atoms with Crippen LogP contribution in [-0.4, -0.2) is 43.0 Å². The molecule has 0 unspecified atom stereocenters. The number of sulfonamides is 1. The molecule has 1 aliphatic rings. The summed E-state index contributed by atoms with van der Waals surface area (Å²) >= 11 is 1.48. The first kappa shape index (κ1) is 26.5. The van der Waals surface area contributed by atoms with Gasteiger partial charge in [-0.2, -0.15) is 9.30 Å². The maximum atomic E-state index is 13.3. The van der Waals surface area contributed by atoms with Gasteiger partial charge in [0.15, 0.2) is 4.80 Å². The molecule has 0 saturated heterocycles. The standard InChI is InChI=1S/C29H31N3O4S2/c1-4-36-16-15-32-26-18-20(2)17-21(3)27(26)37-29(32)30-28(33)23-9-11-25(12-10-23)38(34,35)31-14-13-22-7-5-6-8-24(22)19-31/h5-12,17-18H,4,13-16,19H2,1-3H3. The molecule has 1 aliphatic heterocycles. The molecule has 0 radical (unpaired) electrons. The zero-order valence-corrected chi connectivity index (χ0v) is 23.4. The first-order chi connectivity index (χ1) is 18.3. The number of nitrogens with zero attached hydrogens (tertiary/aromatic N) is 3. The van der Waals surface area contributed by atoms with Gasteiger partial charge in [-0.1, -0.05) is 41.7 Å². The average molecular weight is 550 g/mol. The molecule has 0 saturated carbocycles. The van der Waals surface area contributed by atoms with Crippen molar-refractivity contribution in [2.75, 3.05) is 19.8 Å². The van der Waals surface area contributed by atoms with Crippen molar-refractivity contribution >= 4 is 37.5 Å². The second-order valence-electron chi connectivity index (χ2n) is 9.46.